The van der Waals surface area contributed by atoms with Gasteiger partial charge in [0, 0.05) is 32.1 Å². The number of pyridine rings is 1. The second kappa shape index (κ2) is 16.3. The fourth-order valence-corrected chi connectivity index (χ4v) is 4.22. The summed E-state index contributed by atoms with van der Waals surface area (Å²) >= 11 is 0. The molecule has 2 rings (SSSR count). The first-order valence-corrected chi connectivity index (χ1v) is 13.5. The van der Waals surface area contributed by atoms with Crippen LogP contribution in [-0.2, 0) is 24.4 Å². The maximum Gasteiger partial charge on any atom is 0.220 e. The summed E-state index contributed by atoms with van der Waals surface area (Å²) in [6, 6.07) is 10.4. The Kier molecular flexibility index (Phi) is 13.4. The topological polar surface area (TPSA) is 33.4 Å². The van der Waals surface area contributed by atoms with E-state index in [4.69, 9.17) is 4.74 Å². The summed E-state index contributed by atoms with van der Waals surface area (Å²) in [6.07, 6.45) is 17.5. The number of ether oxygens (including phenoxy) is 1. The predicted molar refractivity (Wildman–Crippen MR) is 141 cm³/mol. The van der Waals surface area contributed by atoms with Gasteiger partial charge in [0.15, 0.2) is 12.4 Å². The van der Waals surface area contributed by atoms with Crippen molar-refractivity contribution in [3.8, 4) is 5.75 Å². The van der Waals surface area contributed by atoms with E-state index >= 15 is 0 Å². The first-order valence-electron chi connectivity index (χ1n) is 13.5. The van der Waals surface area contributed by atoms with E-state index < -0.39 is 0 Å². The highest BCUT2D eigenvalue weighted by Crippen LogP contribution is 2.20. The van der Waals surface area contributed by atoms with E-state index in [0.29, 0.717) is 13.1 Å². The van der Waals surface area contributed by atoms with E-state index in [-0.39, 0.29) is 5.91 Å². The van der Waals surface area contributed by atoms with Gasteiger partial charge in [-0.25, -0.2) is 4.57 Å². The van der Waals surface area contributed by atoms with Crippen LogP contribution in [0.3, 0.4) is 0 Å². The van der Waals surface area contributed by atoms with Crippen LogP contribution in [0.5, 0.6) is 5.75 Å². The molecule has 0 aliphatic carbocycles. The van der Waals surface area contributed by atoms with Crippen LogP contribution in [0.1, 0.15) is 102 Å². The maximum atomic E-state index is 12.3. The molecule has 0 saturated heterocycles. The number of unbranched alkanes of at least 4 members (excludes halogenated alkanes) is 9. The minimum absolute atomic E-state index is 0.0907. The maximum absolute atomic E-state index is 12.3. The Hall–Kier alpha value is -2.36. The SMILES string of the molecule is CCCCCCCCCCCCOc1ccc(CN(Cc2cc[n+](CC)cc2)C(C)=O)c(C)c1. The number of aromatic nitrogens is 1. The quantitative estimate of drug-likeness (QED) is 0.183. The van der Waals surface area contributed by atoms with Crippen molar-refractivity contribution >= 4 is 5.91 Å². The molecule has 1 aromatic carbocycles. The van der Waals surface area contributed by atoms with E-state index in [9.17, 15) is 4.79 Å². The van der Waals surface area contributed by atoms with Crippen LogP contribution in [0.2, 0.25) is 0 Å². The van der Waals surface area contributed by atoms with Gasteiger partial charge in [-0.2, -0.15) is 0 Å². The molecule has 0 atom stereocenters. The Morgan fingerprint density at radius 1 is 0.853 bits per heavy atom. The molecule has 0 aliphatic rings. The smallest absolute Gasteiger partial charge is 0.220 e. The largest absolute Gasteiger partial charge is 0.494 e. The number of carbonyl (C=O) groups is 1. The molecule has 1 heterocycles. The number of hydrogen-bond donors (Lipinski definition) is 0. The van der Waals surface area contributed by atoms with Crippen LogP contribution in [0.25, 0.3) is 0 Å². The molecule has 2 aromatic rings. The van der Waals surface area contributed by atoms with E-state index in [1.807, 2.05) is 11.0 Å². The van der Waals surface area contributed by atoms with Gasteiger partial charge >= 0.3 is 0 Å². The van der Waals surface area contributed by atoms with Crippen LogP contribution in [-0.4, -0.2) is 17.4 Å². The fourth-order valence-electron chi connectivity index (χ4n) is 4.22. The van der Waals surface area contributed by atoms with Crippen LogP contribution in [0.4, 0.5) is 0 Å². The summed E-state index contributed by atoms with van der Waals surface area (Å²) in [7, 11) is 0. The summed E-state index contributed by atoms with van der Waals surface area (Å²) in [5.41, 5.74) is 3.48. The van der Waals surface area contributed by atoms with Crippen LogP contribution < -0.4 is 9.30 Å². The van der Waals surface area contributed by atoms with Crippen molar-refractivity contribution in [1.82, 2.24) is 4.90 Å². The molecule has 0 unspecified atom stereocenters. The third-order valence-electron chi connectivity index (χ3n) is 6.59. The lowest BCUT2D eigenvalue weighted by Crippen LogP contribution is -2.32. The Bertz CT molecular complexity index is 832. The Morgan fingerprint density at radius 2 is 1.47 bits per heavy atom. The van der Waals surface area contributed by atoms with Crippen molar-refractivity contribution in [1.29, 1.82) is 0 Å². The van der Waals surface area contributed by atoms with Gasteiger partial charge in [0.05, 0.1) is 6.61 Å². The molecule has 1 amide bonds. The summed E-state index contributed by atoms with van der Waals surface area (Å²) in [5.74, 6) is 1.02. The molecule has 0 N–H and O–H groups in total. The standard InChI is InChI=1S/C30H47N2O2/c1-5-7-8-9-10-11-12-13-14-15-22-34-30-17-16-29(26(3)23-30)25-32(27(4)33)24-28-18-20-31(6-2)21-19-28/h16-21,23H,5-15,22,24-25H2,1-4H3/q+1. The van der Waals surface area contributed by atoms with Crippen molar-refractivity contribution in [2.45, 2.75) is 112 Å². The van der Waals surface area contributed by atoms with E-state index in [0.717, 1.165) is 30.9 Å². The number of rotatable bonds is 17. The zero-order chi connectivity index (χ0) is 24.6. The third kappa shape index (κ3) is 10.7. The number of hydrogen-bond acceptors (Lipinski definition) is 2. The van der Waals surface area contributed by atoms with E-state index in [2.05, 4.69) is 62.0 Å². The van der Waals surface area contributed by atoms with Crippen molar-refractivity contribution in [2.24, 2.45) is 0 Å². The third-order valence-corrected chi connectivity index (χ3v) is 6.59. The fraction of sp³-hybridized carbons (Fsp3) is 0.600. The van der Waals surface area contributed by atoms with E-state index in [1.165, 1.54) is 68.9 Å². The average Bonchev–Trinajstić information content (AvgIpc) is 2.84. The lowest BCUT2D eigenvalue weighted by molar-refractivity contribution is -0.693. The van der Waals surface area contributed by atoms with Gasteiger partial charge in [0.25, 0.3) is 0 Å². The van der Waals surface area contributed by atoms with Gasteiger partial charge in [0.2, 0.25) is 5.91 Å². The number of aryl methyl sites for hydroxylation is 2. The second-order valence-electron chi connectivity index (χ2n) is 9.53. The Labute approximate surface area is 208 Å². The molecule has 0 radical (unpaired) electrons. The van der Waals surface area contributed by atoms with Crippen molar-refractivity contribution in [2.75, 3.05) is 6.61 Å². The molecule has 4 nitrogen and oxygen atoms in total. The summed E-state index contributed by atoms with van der Waals surface area (Å²) in [6.45, 7) is 11.1. The van der Waals surface area contributed by atoms with Crippen molar-refractivity contribution in [3.05, 3.63) is 59.4 Å². The molecule has 4 heteroatoms. The van der Waals surface area contributed by atoms with Gasteiger partial charge in [-0.05, 0) is 49.1 Å². The van der Waals surface area contributed by atoms with Crippen LogP contribution >= 0.6 is 0 Å². The zero-order valence-corrected chi connectivity index (χ0v) is 22.2. The molecule has 188 valence electrons. The molecule has 0 fully saturated rings. The molecule has 0 aliphatic heterocycles. The van der Waals surface area contributed by atoms with Crippen molar-refractivity contribution < 1.29 is 14.1 Å². The summed E-state index contributed by atoms with van der Waals surface area (Å²) < 4.78 is 8.13. The number of benzene rings is 1. The normalized spacial score (nSPS) is 10.9. The highest BCUT2D eigenvalue weighted by molar-refractivity contribution is 5.73. The number of nitrogens with zero attached hydrogens (tertiary/aromatic N) is 2. The highest BCUT2D eigenvalue weighted by Gasteiger charge is 2.13. The molecule has 1 aromatic heterocycles. The lowest BCUT2D eigenvalue weighted by Gasteiger charge is -2.22. The van der Waals surface area contributed by atoms with Gasteiger partial charge in [-0.3, -0.25) is 4.79 Å². The predicted octanol–water partition coefficient (Wildman–Crippen LogP) is 7.15. The highest BCUT2D eigenvalue weighted by atomic mass is 16.5. The first-order chi connectivity index (χ1) is 16.5. The number of amides is 1. The minimum Gasteiger partial charge on any atom is -0.494 e. The van der Waals surface area contributed by atoms with Gasteiger partial charge < -0.3 is 9.64 Å². The molecule has 0 bridgehead atoms. The van der Waals surface area contributed by atoms with Crippen LogP contribution in [0.15, 0.2) is 42.7 Å². The van der Waals surface area contributed by atoms with Gasteiger partial charge in [-0.15, -0.1) is 0 Å². The van der Waals surface area contributed by atoms with Gasteiger partial charge in [0.1, 0.15) is 12.3 Å². The number of carbonyl (C=O) groups excluding carboxylic acids is 1. The zero-order valence-electron chi connectivity index (χ0n) is 22.2. The molecular weight excluding hydrogens is 420 g/mol. The Balaban J connectivity index is 1.72. The molecule has 0 spiro atoms. The minimum atomic E-state index is 0.0907. The first kappa shape index (κ1) is 27.9. The summed E-state index contributed by atoms with van der Waals surface area (Å²) in [4.78, 5) is 14.2. The monoisotopic (exact) mass is 467 g/mol. The Morgan fingerprint density at radius 3 is 2.03 bits per heavy atom. The van der Waals surface area contributed by atoms with Gasteiger partial charge in [-0.1, -0.05) is 70.8 Å². The van der Waals surface area contributed by atoms with Crippen molar-refractivity contribution in [3.63, 3.8) is 0 Å². The molecular formula is C30H47N2O2+. The van der Waals surface area contributed by atoms with E-state index in [1.54, 1.807) is 6.92 Å². The molecule has 34 heavy (non-hydrogen) atoms. The lowest BCUT2D eigenvalue weighted by atomic mass is 10.1. The molecule has 0 saturated carbocycles. The summed E-state index contributed by atoms with van der Waals surface area (Å²) in [5, 5.41) is 0. The average molecular weight is 468 g/mol. The van der Waals surface area contributed by atoms with Crippen LogP contribution in [0, 0.1) is 6.92 Å². The second-order valence-corrected chi connectivity index (χ2v) is 9.53.